The molecule has 1 unspecified atom stereocenters. The van der Waals surface area contributed by atoms with Crippen LogP contribution in [0.3, 0.4) is 0 Å². The summed E-state index contributed by atoms with van der Waals surface area (Å²) in [6.07, 6.45) is 3.49. The minimum Gasteiger partial charge on any atom is -0.370 e. The molecule has 1 atom stereocenters. The summed E-state index contributed by atoms with van der Waals surface area (Å²) in [5.74, 6) is 1.05. The summed E-state index contributed by atoms with van der Waals surface area (Å²) in [5, 5.41) is 3.35. The van der Waals surface area contributed by atoms with Gasteiger partial charge in [0.1, 0.15) is 0 Å². The molecule has 3 N–H and O–H groups in total. The molecule has 1 aromatic rings. The first kappa shape index (κ1) is 21.5. The van der Waals surface area contributed by atoms with Gasteiger partial charge in [-0.3, -0.25) is 9.79 Å². The van der Waals surface area contributed by atoms with Crippen LogP contribution >= 0.6 is 46.9 Å². The largest absolute Gasteiger partial charge is 0.370 e. The maximum absolute atomic E-state index is 11.1. The summed E-state index contributed by atoms with van der Waals surface area (Å²) in [4.78, 5) is 19.4. The fourth-order valence-electron chi connectivity index (χ4n) is 2.89. The summed E-state index contributed by atoms with van der Waals surface area (Å²) < 4.78 is 0.821. The number of nitrogens with two attached hydrogens (primary N) is 1. The van der Waals surface area contributed by atoms with Crippen molar-refractivity contribution in [3.8, 4) is 0 Å². The van der Waals surface area contributed by atoms with Crippen LogP contribution in [0.25, 0.3) is 0 Å². The van der Waals surface area contributed by atoms with Crippen LogP contribution in [0.4, 0.5) is 0 Å². The summed E-state index contributed by atoms with van der Waals surface area (Å²) in [6, 6.07) is 3.98. The number of likely N-dealkylation sites (tertiary alicyclic amines) is 1. The number of hydrogen-bond donors (Lipinski definition) is 2. The molecule has 1 amide bonds. The van der Waals surface area contributed by atoms with Gasteiger partial charge in [0.15, 0.2) is 5.96 Å². The van der Waals surface area contributed by atoms with Crippen molar-refractivity contribution in [2.24, 2.45) is 16.6 Å². The number of nitrogens with zero attached hydrogens (tertiary/aromatic N) is 2. The minimum absolute atomic E-state index is 0. The number of aliphatic imine (C=N–C) groups is 1. The molecule has 0 radical (unpaired) electrons. The quantitative estimate of drug-likeness (QED) is 0.370. The summed E-state index contributed by atoms with van der Waals surface area (Å²) in [6.45, 7) is 5.46. The van der Waals surface area contributed by atoms with Crippen LogP contribution in [-0.2, 0) is 11.2 Å². The number of primary amides is 1. The van der Waals surface area contributed by atoms with Crippen molar-refractivity contribution in [3.05, 3.63) is 21.3 Å². The van der Waals surface area contributed by atoms with Crippen molar-refractivity contribution in [3.63, 3.8) is 0 Å². The number of guanidine groups is 1. The molecular weight excluding hydrogens is 459 g/mol. The van der Waals surface area contributed by atoms with Gasteiger partial charge in [0.05, 0.1) is 4.34 Å². The standard InChI is InChI=1S/C16H25ClN4OS.HI/c1-2-19-16(20-8-7-13-5-6-14(17)23-13)21-9-3-4-12(11-21)10-15(18)22;/h5-6,12H,2-4,7-11H2,1H3,(H2,18,22)(H,19,20);1H. The molecule has 136 valence electrons. The van der Waals surface area contributed by atoms with Crippen molar-refractivity contribution in [2.45, 2.75) is 32.6 Å². The number of rotatable bonds is 6. The lowest BCUT2D eigenvalue weighted by molar-refractivity contribution is -0.119. The summed E-state index contributed by atoms with van der Waals surface area (Å²) >= 11 is 7.56. The molecule has 1 fully saturated rings. The number of halogens is 2. The van der Waals surface area contributed by atoms with E-state index in [1.165, 1.54) is 4.88 Å². The maximum Gasteiger partial charge on any atom is 0.217 e. The molecule has 1 aliphatic heterocycles. The Morgan fingerprint density at radius 2 is 2.33 bits per heavy atom. The Balaban J connectivity index is 0.00000288. The number of piperidine rings is 1. The molecule has 0 aliphatic carbocycles. The second-order valence-corrected chi connectivity index (χ2v) is 7.62. The topological polar surface area (TPSA) is 70.7 Å². The van der Waals surface area contributed by atoms with Gasteiger partial charge in [0.25, 0.3) is 0 Å². The molecule has 1 aliphatic rings. The number of carbonyl (C=O) groups is 1. The van der Waals surface area contributed by atoms with E-state index >= 15 is 0 Å². The Kier molecular flexibility index (Phi) is 9.99. The third kappa shape index (κ3) is 7.14. The van der Waals surface area contributed by atoms with Crippen LogP contribution in [-0.4, -0.2) is 42.9 Å². The third-order valence-electron chi connectivity index (χ3n) is 3.89. The highest BCUT2D eigenvalue weighted by atomic mass is 127. The molecule has 2 rings (SSSR count). The zero-order chi connectivity index (χ0) is 16.7. The number of carbonyl (C=O) groups excluding carboxylic acids is 1. The van der Waals surface area contributed by atoms with Crippen LogP contribution in [0, 0.1) is 5.92 Å². The number of hydrogen-bond acceptors (Lipinski definition) is 3. The number of amides is 1. The molecule has 24 heavy (non-hydrogen) atoms. The third-order valence-corrected chi connectivity index (χ3v) is 5.18. The molecule has 1 saturated heterocycles. The Bertz CT molecular complexity index is 552. The first-order chi connectivity index (χ1) is 11.1. The Morgan fingerprint density at radius 1 is 1.54 bits per heavy atom. The Labute approximate surface area is 170 Å². The van der Waals surface area contributed by atoms with Crippen molar-refractivity contribution < 1.29 is 4.79 Å². The molecule has 0 spiro atoms. The lowest BCUT2D eigenvalue weighted by atomic mass is 9.95. The lowest BCUT2D eigenvalue weighted by Gasteiger charge is -2.34. The lowest BCUT2D eigenvalue weighted by Crippen LogP contribution is -2.47. The molecular formula is C16H26ClIN4OS. The van der Waals surface area contributed by atoms with Gasteiger partial charge in [0, 0.05) is 43.9 Å². The number of nitrogens with one attached hydrogen (secondary N) is 1. The predicted octanol–water partition coefficient (Wildman–Crippen LogP) is 3.11. The minimum atomic E-state index is -0.214. The molecule has 8 heteroatoms. The van der Waals surface area contributed by atoms with Gasteiger partial charge in [-0.25, -0.2) is 0 Å². The normalized spacial score (nSPS) is 18.2. The van der Waals surface area contributed by atoms with E-state index in [9.17, 15) is 4.79 Å². The first-order valence-electron chi connectivity index (χ1n) is 8.14. The van der Waals surface area contributed by atoms with E-state index in [2.05, 4.69) is 23.2 Å². The molecule has 1 aromatic heterocycles. The van der Waals surface area contributed by atoms with Crippen LogP contribution in [0.5, 0.6) is 0 Å². The Morgan fingerprint density at radius 3 is 2.96 bits per heavy atom. The van der Waals surface area contributed by atoms with Gasteiger partial charge in [0.2, 0.25) is 5.91 Å². The van der Waals surface area contributed by atoms with Crippen molar-refractivity contribution >= 4 is 58.8 Å². The molecule has 0 aromatic carbocycles. The van der Waals surface area contributed by atoms with E-state index in [1.54, 1.807) is 11.3 Å². The first-order valence-corrected chi connectivity index (χ1v) is 9.33. The van der Waals surface area contributed by atoms with Gasteiger partial charge in [-0.2, -0.15) is 0 Å². The zero-order valence-electron chi connectivity index (χ0n) is 14.0. The highest BCUT2D eigenvalue weighted by Gasteiger charge is 2.23. The van der Waals surface area contributed by atoms with E-state index in [0.29, 0.717) is 12.3 Å². The van der Waals surface area contributed by atoms with Crippen molar-refractivity contribution in [1.29, 1.82) is 0 Å². The van der Waals surface area contributed by atoms with E-state index in [-0.39, 0.29) is 29.9 Å². The van der Waals surface area contributed by atoms with Gasteiger partial charge in [-0.05, 0) is 37.8 Å². The zero-order valence-corrected chi connectivity index (χ0v) is 17.9. The average Bonchev–Trinajstić information content (AvgIpc) is 2.91. The highest BCUT2D eigenvalue weighted by Crippen LogP contribution is 2.22. The van der Waals surface area contributed by atoms with E-state index in [4.69, 9.17) is 22.3 Å². The van der Waals surface area contributed by atoms with E-state index in [1.807, 2.05) is 6.07 Å². The van der Waals surface area contributed by atoms with E-state index in [0.717, 1.165) is 55.7 Å². The van der Waals surface area contributed by atoms with Crippen LogP contribution in [0.2, 0.25) is 4.34 Å². The predicted molar refractivity (Wildman–Crippen MR) is 113 cm³/mol. The fourth-order valence-corrected chi connectivity index (χ4v) is 3.97. The Hall–Kier alpha value is -0.540. The van der Waals surface area contributed by atoms with Crippen molar-refractivity contribution in [1.82, 2.24) is 10.2 Å². The fraction of sp³-hybridized carbons (Fsp3) is 0.625. The molecule has 0 bridgehead atoms. The maximum atomic E-state index is 11.1. The van der Waals surface area contributed by atoms with Crippen LogP contribution < -0.4 is 11.1 Å². The summed E-state index contributed by atoms with van der Waals surface area (Å²) in [5.41, 5.74) is 5.34. The van der Waals surface area contributed by atoms with E-state index < -0.39 is 0 Å². The second kappa shape index (κ2) is 11.1. The smallest absolute Gasteiger partial charge is 0.217 e. The van der Waals surface area contributed by atoms with Crippen LogP contribution in [0.1, 0.15) is 31.1 Å². The average molecular weight is 485 g/mol. The van der Waals surface area contributed by atoms with Gasteiger partial charge >= 0.3 is 0 Å². The van der Waals surface area contributed by atoms with Gasteiger partial charge in [-0.15, -0.1) is 35.3 Å². The molecule has 5 nitrogen and oxygen atoms in total. The van der Waals surface area contributed by atoms with Crippen molar-refractivity contribution in [2.75, 3.05) is 26.2 Å². The van der Waals surface area contributed by atoms with Gasteiger partial charge < -0.3 is 16.0 Å². The number of thiophene rings is 1. The van der Waals surface area contributed by atoms with Gasteiger partial charge in [-0.1, -0.05) is 11.6 Å². The monoisotopic (exact) mass is 484 g/mol. The molecule has 2 heterocycles. The van der Waals surface area contributed by atoms with Crippen LogP contribution in [0.15, 0.2) is 17.1 Å². The summed E-state index contributed by atoms with van der Waals surface area (Å²) in [7, 11) is 0. The molecule has 0 saturated carbocycles. The SMILES string of the molecule is CCNC(=NCCc1ccc(Cl)s1)N1CCCC(CC(N)=O)C1.I. The highest BCUT2D eigenvalue weighted by molar-refractivity contribution is 14.0. The second-order valence-electron chi connectivity index (χ2n) is 5.82.